The Morgan fingerprint density at radius 3 is 2.81 bits per heavy atom. The van der Waals surface area contributed by atoms with E-state index in [1.54, 1.807) is 6.07 Å². The number of nitrogens with one attached hydrogen (secondary N) is 1. The van der Waals surface area contributed by atoms with Crippen LogP contribution in [0.2, 0.25) is 5.02 Å². The Bertz CT molecular complexity index is 1020. The molecule has 4 atom stereocenters. The molecule has 4 aliphatic rings. The molecule has 1 aromatic rings. The summed E-state index contributed by atoms with van der Waals surface area (Å²) in [7, 11) is 0. The molecule has 0 aromatic heterocycles. The fourth-order valence-corrected chi connectivity index (χ4v) is 5.75. The zero-order valence-corrected chi connectivity index (χ0v) is 20.1. The Labute approximate surface area is 210 Å². The highest BCUT2D eigenvalue weighted by Crippen LogP contribution is 2.46. The Morgan fingerprint density at radius 2 is 2.06 bits per heavy atom. The van der Waals surface area contributed by atoms with Crippen LogP contribution in [-0.2, 0) is 23.8 Å². The number of halogens is 5. The van der Waals surface area contributed by atoms with Crippen LogP contribution < -0.4 is 5.32 Å². The van der Waals surface area contributed by atoms with Crippen molar-refractivity contribution in [3.63, 3.8) is 0 Å². The molecular formula is C24H27ClF4N2O5. The summed E-state index contributed by atoms with van der Waals surface area (Å²) >= 11 is 5.78. The van der Waals surface area contributed by atoms with Crippen molar-refractivity contribution < 1.29 is 41.4 Å². The highest BCUT2D eigenvalue weighted by Gasteiger charge is 2.52. The molecule has 36 heavy (non-hydrogen) atoms. The van der Waals surface area contributed by atoms with Crippen molar-refractivity contribution in [2.75, 3.05) is 13.2 Å². The Kier molecular flexibility index (Phi) is 7.19. The molecule has 1 N–H and O–H groups in total. The van der Waals surface area contributed by atoms with E-state index in [2.05, 4.69) is 15.2 Å². The molecule has 4 unspecified atom stereocenters. The highest BCUT2D eigenvalue weighted by atomic mass is 35.5. The summed E-state index contributed by atoms with van der Waals surface area (Å²) in [6.07, 6.45) is -2.73. The van der Waals surface area contributed by atoms with Gasteiger partial charge in [-0.15, -0.1) is 13.2 Å². The largest absolute Gasteiger partial charge is 0.522 e. The van der Waals surface area contributed by atoms with Crippen LogP contribution in [0.1, 0.15) is 50.5 Å². The van der Waals surface area contributed by atoms with E-state index < -0.39 is 30.0 Å². The number of alkyl halides is 3. The molecule has 198 valence electrons. The maximum Gasteiger partial charge on any atom is 0.522 e. The van der Waals surface area contributed by atoms with Gasteiger partial charge < -0.3 is 19.6 Å². The summed E-state index contributed by atoms with van der Waals surface area (Å²) in [5.74, 6) is -0.614. The SMILES string of the molecule is O=C(CO[C@H]1C[C@@H](OC(F)(F)F)C1)NC1CCC2(C3CC(c4ccc(Cl)c(F)c4)=NO3)CC1CCO2. The number of amides is 1. The van der Waals surface area contributed by atoms with Crippen LogP contribution in [0.3, 0.4) is 0 Å². The summed E-state index contributed by atoms with van der Waals surface area (Å²) in [4.78, 5) is 18.2. The number of benzene rings is 1. The van der Waals surface area contributed by atoms with E-state index >= 15 is 0 Å². The van der Waals surface area contributed by atoms with E-state index in [9.17, 15) is 22.4 Å². The molecule has 2 aliphatic carbocycles. The summed E-state index contributed by atoms with van der Waals surface area (Å²) in [5, 5.41) is 7.26. The maximum atomic E-state index is 13.9. The van der Waals surface area contributed by atoms with E-state index in [0.717, 1.165) is 6.42 Å². The summed E-state index contributed by atoms with van der Waals surface area (Å²) in [6, 6.07) is 4.49. The molecule has 3 fully saturated rings. The average Bonchev–Trinajstić information content (AvgIpc) is 3.30. The van der Waals surface area contributed by atoms with Gasteiger partial charge in [0.15, 0.2) is 6.10 Å². The van der Waals surface area contributed by atoms with Gasteiger partial charge in [0.2, 0.25) is 5.91 Å². The minimum Gasteiger partial charge on any atom is -0.389 e. The van der Waals surface area contributed by atoms with Crippen molar-refractivity contribution in [1.29, 1.82) is 0 Å². The van der Waals surface area contributed by atoms with Crippen LogP contribution in [0.25, 0.3) is 0 Å². The fraction of sp³-hybridized carbons (Fsp3) is 0.667. The van der Waals surface area contributed by atoms with Gasteiger partial charge in [-0.3, -0.25) is 9.53 Å². The minimum atomic E-state index is -4.65. The third kappa shape index (κ3) is 5.64. The number of nitrogens with zero attached hydrogens (tertiary/aromatic N) is 1. The lowest BCUT2D eigenvalue weighted by Gasteiger charge is -2.50. The molecule has 7 nitrogen and oxygen atoms in total. The molecule has 2 saturated carbocycles. The Morgan fingerprint density at radius 1 is 1.25 bits per heavy atom. The molecule has 1 aromatic carbocycles. The van der Waals surface area contributed by atoms with Crippen LogP contribution in [0, 0.1) is 11.7 Å². The molecule has 2 bridgehead atoms. The van der Waals surface area contributed by atoms with E-state index in [-0.39, 0.29) is 48.4 Å². The number of ether oxygens (including phenoxy) is 3. The molecule has 12 heteroatoms. The molecule has 5 rings (SSSR count). The minimum absolute atomic E-state index is 0.0463. The first-order chi connectivity index (χ1) is 17.1. The third-order valence-electron chi connectivity index (χ3n) is 7.59. The molecule has 0 spiro atoms. The molecule has 0 radical (unpaired) electrons. The van der Waals surface area contributed by atoms with Crippen LogP contribution in [0.15, 0.2) is 23.4 Å². The third-order valence-corrected chi connectivity index (χ3v) is 7.90. The maximum absolute atomic E-state index is 13.9. The quantitative estimate of drug-likeness (QED) is 0.521. The normalized spacial score (nSPS) is 33.9. The second kappa shape index (κ2) is 10.1. The number of oxime groups is 1. The van der Waals surface area contributed by atoms with Gasteiger partial charge in [-0.25, -0.2) is 4.39 Å². The fourth-order valence-electron chi connectivity index (χ4n) is 5.63. The van der Waals surface area contributed by atoms with Crippen LogP contribution in [-0.4, -0.2) is 61.1 Å². The average molecular weight is 535 g/mol. The lowest BCUT2D eigenvalue weighted by atomic mass is 9.69. The number of hydrogen-bond acceptors (Lipinski definition) is 6. The monoisotopic (exact) mass is 534 g/mol. The van der Waals surface area contributed by atoms with Crippen molar-refractivity contribution in [2.24, 2.45) is 11.1 Å². The van der Waals surface area contributed by atoms with E-state index in [0.29, 0.717) is 43.6 Å². The Balaban J connectivity index is 1.09. The second-order valence-electron chi connectivity index (χ2n) is 9.93. The predicted molar refractivity (Wildman–Crippen MR) is 120 cm³/mol. The van der Waals surface area contributed by atoms with Gasteiger partial charge in [0.25, 0.3) is 0 Å². The summed E-state index contributed by atoms with van der Waals surface area (Å²) in [5.41, 5.74) is 0.727. The number of hydrogen-bond donors (Lipinski definition) is 1. The summed E-state index contributed by atoms with van der Waals surface area (Å²) in [6.45, 7) is 0.329. The van der Waals surface area contributed by atoms with Crippen LogP contribution in [0.4, 0.5) is 17.6 Å². The van der Waals surface area contributed by atoms with Gasteiger partial charge in [0.1, 0.15) is 18.0 Å². The predicted octanol–water partition coefficient (Wildman–Crippen LogP) is 4.50. The topological polar surface area (TPSA) is 78.4 Å². The van der Waals surface area contributed by atoms with Gasteiger partial charge in [0.05, 0.1) is 22.9 Å². The molecule has 1 saturated heterocycles. The van der Waals surface area contributed by atoms with Gasteiger partial charge in [0, 0.05) is 37.5 Å². The summed E-state index contributed by atoms with van der Waals surface area (Å²) < 4.78 is 66.1. The lowest BCUT2D eigenvalue weighted by molar-refractivity contribution is -0.357. The number of carbonyl (C=O) groups is 1. The first-order valence-corrected chi connectivity index (χ1v) is 12.5. The zero-order valence-electron chi connectivity index (χ0n) is 19.4. The van der Waals surface area contributed by atoms with Gasteiger partial charge in [-0.1, -0.05) is 22.8 Å². The molecule has 1 amide bonds. The molecule has 2 heterocycles. The zero-order chi connectivity index (χ0) is 25.5. The van der Waals surface area contributed by atoms with Gasteiger partial charge >= 0.3 is 6.36 Å². The lowest BCUT2D eigenvalue weighted by Crippen LogP contribution is -2.58. The van der Waals surface area contributed by atoms with E-state index in [1.165, 1.54) is 12.1 Å². The van der Waals surface area contributed by atoms with Gasteiger partial charge in [-0.05, 0) is 43.7 Å². The first kappa shape index (κ1) is 25.7. The van der Waals surface area contributed by atoms with Crippen LogP contribution in [0.5, 0.6) is 0 Å². The van der Waals surface area contributed by atoms with Crippen molar-refractivity contribution in [3.8, 4) is 0 Å². The van der Waals surface area contributed by atoms with Crippen molar-refractivity contribution in [2.45, 2.75) is 81.3 Å². The number of carbonyl (C=O) groups excluding carboxylic acids is 1. The first-order valence-electron chi connectivity index (χ1n) is 12.1. The second-order valence-corrected chi connectivity index (χ2v) is 10.3. The highest BCUT2D eigenvalue weighted by molar-refractivity contribution is 6.30. The van der Waals surface area contributed by atoms with Crippen LogP contribution >= 0.6 is 11.6 Å². The molecular weight excluding hydrogens is 508 g/mol. The number of rotatable bonds is 7. The molecule has 2 aliphatic heterocycles. The van der Waals surface area contributed by atoms with Gasteiger partial charge in [-0.2, -0.15) is 0 Å². The van der Waals surface area contributed by atoms with Crippen molar-refractivity contribution in [1.82, 2.24) is 5.32 Å². The van der Waals surface area contributed by atoms with Crippen molar-refractivity contribution in [3.05, 3.63) is 34.6 Å². The number of fused-ring (bicyclic) bond motifs is 2. The smallest absolute Gasteiger partial charge is 0.389 e. The van der Waals surface area contributed by atoms with E-state index in [4.69, 9.17) is 25.9 Å². The van der Waals surface area contributed by atoms with E-state index in [1.807, 2.05) is 0 Å². The Hall–Kier alpha value is -1.95. The van der Waals surface area contributed by atoms with Crippen molar-refractivity contribution >= 4 is 23.2 Å². The standard InChI is InChI=1S/C24H27ClF4N2O5/c25-17-2-1-13(7-18(17)26)20-10-21(36-31-20)23-5-3-19(14(11-23)4-6-34-23)30-22(32)12-33-15-8-16(9-15)35-24(27,28)29/h1-2,7,14-16,19,21H,3-6,8-12H2,(H,30,32)/t14?,15-,16+,19?,21?,23?.